The number of likely N-dealkylation sites (tertiary alicyclic amines) is 1. The second-order valence-corrected chi connectivity index (χ2v) is 15.0. The molecule has 0 aromatic heterocycles. The Hall–Kier alpha value is -3.70. The molecule has 0 unspecified atom stereocenters. The fourth-order valence-corrected chi connectivity index (χ4v) is 8.80. The number of carbonyl (C=O) groups excluding carboxylic acids is 1. The van der Waals surface area contributed by atoms with E-state index in [0.29, 0.717) is 56.2 Å². The summed E-state index contributed by atoms with van der Waals surface area (Å²) in [6.07, 6.45) is -0.583. The van der Waals surface area contributed by atoms with Crippen molar-refractivity contribution in [1.29, 1.82) is 0 Å². The monoisotopic (exact) mass is 734 g/mol. The van der Waals surface area contributed by atoms with Crippen molar-refractivity contribution in [3.05, 3.63) is 53.6 Å². The van der Waals surface area contributed by atoms with Gasteiger partial charge in [-0.05, 0) is 87.4 Å². The number of piperidine rings is 1. The summed E-state index contributed by atoms with van der Waals surface area (Å²) in [5.41, 5.74) is 0.661. The van der Waals surface area contributed by atoms with Crippen LogP contribution in [0.25, 0.3) is 0 Å². The van der Waals surface area contributed by atoms with Gasteiger partial charge in [-0.25, -0.2) is 26.8 Å². The van der Waals surface area contributed by atoms with Gasteiger partial charge in [-0.3, -0.25) is 0 Å². The van der Waals surface area contributed by atoms with E-state index < -0.39 is 45.2 Å². The first-order valence-corrected chi connectivity index (χ1v) is 17.9. The summed E-state index contributed by atoms with van der Waals surface area (Å²) in [7, 11) is -0.441. The van der Waals surface area contributed by atoms with Gasteiger partial charge in [-0.1, -0.05) is 13.0 Å². The zero-order chi connectivity index (χ0) is 36.9. The van der Waals surface area contributed by atoms with Crippen LogP contribution in [-0.2, 0) is 20.2 Å². The molecule has 2 aromatic rings. The van der Waals surface area contributed by atoms with Gasteiger partial charge in [0.05, 0.1) is 20.0 Å². The highest BCUT2D eigenvalue weighted by Gasteiger charge is 2.55. The number of amides is 2. The predicted molar refractivity (Wildman–Crippen MR) is 175 cm³/mol. The van der Waals surface area contributed by atoms with E-state index in [2.05, 4.69) is 22.5 Å². The number of rotatable bonds is 9. The molecule has 2 aliphatic heterocycles. The number of hydrogen-bond acceptors (Lipinski definition) is 7. The molecule has 3 aliphatic rings. The second kappa shape index (κ2) is 16.1. The number of ether oxygens (including phenoxy) is 2. The van der Waals surface area contributed by atoms with Crippen molar-refractivity contribution in [2.24, 2.45) is 5.92 Å². The van der Waals surface area contributed by atoms with E-state index in [0.717, 1.165) is 43.6 Å². The van der Waals surface area contributed by atoms with Crippen molar-refractivity contribution >= 4 is 27.7 Å². The number of halogens is 5. The molecule has 2 aromatic carbocycles. The van der Waals surface area contributed by atoms with Gasteiger partial charge >= 0.3 is 18.2 Å². The number of nitrogens with one attached hydrogen (secondary N) is 2. The van der Waals surface area contributed by atoms with Gasteiger partial charge in [0.25, 0.3) is 0 Å². The first-order valence-electron chi connectivity index (χ1n) is 16.3. The van der Waals surface area contributed by atoms with E-state index in [-0.39, 0.29) is 23.5 Å². The molecule has 2 saturated heterocycles. The Labute approximate surface area is 288 Å². The normalized spacial score (nSPS) is 23.3. The van der Waals surface area contributed by atoms with Gasteiger partial charge in [-0.15, -0.1) is 0 Å². The number of hydrogen-bond donors (Lipinski definition) is 3. The highest BCUT2D eigenvalue weighted by molar-refractivity contribution is 7.89. The topological polar surface area (TPSA) is 138 Å². The Balaban J connectivity index is 0.000000727. The van der Waals surface area contributed by atoms with E-state index >= 15 is 0 Å². The van der Waals surface area contributed by atoms with E-state index in [1.807, 2.05) is 18.2 Å². The number of carbonyl (C=O) groups is 2. The van der Waals surface area contributed by atoms with Crippen molar-refractivity contribution in [2.75, 3.05) is 51.5 Å². The molecular formula is C33H43F5N4O7S. The smallest absolute Gasteiger partial charge is 0.490 e. The molecule has 50 heavy (non-hydrogen) atoms. The molecular weight excluding hydrogens is 691 g/mol. The van der Waals surface area contributed by atoms with Crippen molar-refractivity contribution in [1.82, 2.24) is 14.5 Å². The Morgan fingerprint density at radius 1 is 0.960 bits per heavy atom. The van der Waals surface area contributed by atoms with Gasteiger partial charge in [0, 0.05) is 42.3 Å². The minimum atomic E-state index is -5.08. The largest absolute Gasteiger partial charge is 0.493 e. The lowest BCUT2D eigenvalue weighted by atomic mass is 9.65. The molecule has 3 fully saturated rings. The number of aliphatic carboxylic acids is 1. The van der Waals surface area contributed by atoms with Gasteiger partial charge in [0.2, 0.25) is 10.0 Å². The SMILES string of the molecule is COc1ccc([C@@]23CC[C@@H](NC(=O)Nc4ccc(F)c(F)c4)C[C@@H]2N(S(=O)(=O)CCN2CCC(C)CC2)CC3)cc1OC.O=C(O)C(F)(F)F. The van der Waals surface area contributed by atoms with E-state index in [1.54, 1.807) is 18.5 Å². The third-order valence-electron chi connectivity index (χ3n) is 9.82. The molecule has 17 heteroatoms. The van der Waals surface area contributed by atoms with Crippen LogP contribution in [0.5, 0.6) is 11.5 Å². The zero-order valence-corrected chi connectivity index (χ0v) is 28.9. The van der Waals surface area contributed by atoms with Crippen LogP contribution in [0.3, 0.4) is 0 Å². The zero-order valence-electron chi connectivity index (χ0n) is 28.1. The summed E-state index contributed by atoms with van der Waals surface area (Å²) in [5, 5.41) is 12.6. The standard InChI is InChI=1S/C31H42F2N4O5S.C2HF3O2/c1-21-9-13-36(14-10-21)16-17-43(39,40)37-15-12-31(22-4-7-27(41-2)28(18-22)42-3)11-8-24(20-29(31)37)35-30(38)34-23-5-6-25(32)26(33)19-23;3-2(4,5)1(6)7/h4-7,18-19,21,24,29H,8-17,20H2,1-3H3,(H2,34,35,38);(H,6,7)/t24-,29+,31+;/m1./s1. The van der Waals surface area contributed by atoms with Crippen LogP contribution in [0, 0.1) is 17.6 Å². The fraction of sp³-hybridized carbons (Fsp3) is 0.576. The van der Waals surface area contributed by atoms with Crippen molar-refractivity contribution < 1.29 is 54.5 Å². The Morgan fingerprint density at radius 3 is 2.22 bits per heavy atom. The minimum absolute atomic E-state index is 0.0502. The van der Waals surface area contributed by atoms with Crippen LogP contribution in [0.2, 0.25) is 0 Å². The number of anilines is 1. The highest BCUT2D eigenvalue weighted by Crippen LogP contribution is 2.51. The summed E-state index contributed by atoms with van der Waals surface area (Å²) in [6, 6.07) is 7.71. The molecule has 278 valence electrons. The number of sulfonamides is 1. The molecule has 2 amide bonds. The summed E-state index contributed by atoms with van der Waals surface area (Å²) >= 11 is 0. The second-order valence-electron chi connectivity index (χ2n) is 12.9. The molecule has 5 rings (SSSR count). The van der Waals surface area contributed by atoms with Crippen molar-refractivity contribution in [2.45, 2.75) is 69.1 Å². The summed E-state index contributed by atoms with van der Waals surface area (Å²) in [4.78, 5) is 24.0. The summed E-state index contributed by atoms with van der Waals surface area (Å²) in [6.45, 7) is 4.95. The molecule has 0 bridgehead atoms. The van der Waals surface area contributed by atoms with Gasteiger partial charge < -0.3 is 30.1 Å². The molecule has 0 radical (unpaired) electrons. The Bertz CT molecular complexity index is 1620. The molecule has 3 atom stereocenters. The predicted octanol–water partition coefficient (Wildman–Crippen LogP) is 5.36. The number of carboxylic acid groups (broad SMARTS) is 1. The maximum Gasteiger partial charge on any atom is 0.490 e. The fourth-order valence-electron chi connectivity index (χ4n) is 7.03. The quantitative estimate of drug-likeness (QED) is 0.293. The first-order chi connectivity index (χ1) is 23.5. The van der Waals surface area contributed by atoms with Crippen LogP contribution in [0.4, 0.5) is 32.4 Å². The number of fused-ring (bicyclic) bond motifs is 1. The number of nitrogens with zero attached hydrogens (tertiary/aromatic N) is 2. The number of urea groups is 1. The minimum Gasteiger partial charge on any atom is -0.493 e. The molecule has 11 nitrogen and oxygen atoms in total. The van der Waals surface area contributed by atoms with Gasteiger partial charge in [-0.2, -0.15) is 17.5 Å². The van der Waals surface area contributed by atoms with E-state index in [9.17, 15) is 35.2 Å². The maximum absolute atomic E-state index is 13.9. The Kier molecular flexibility index (Phi) is 12.6. The lowest BCUT2D eigenvalue weighted by Gasteiger charge is -2.45. The third kappa shape index (κ3) is 9.34. The Morgan fingerprint density at radius 2 is 1.62 bits per heavy atom. The third-order valence-corrected chi connectivity index (χ3v) is 11.7. The first kappa shape index (κ1) is 39.1. The van der Waals surface area contributed by atoms with E-state index in [4.69, 9.17) is 19.4 Å². The number of methoxy groups -OCH3 is 2. The van der Waals surface area contributed by atoms with Crippen LogP contribution >= 0.6 is 0 Å². The molecule has 1 saturated carbocycles. The van der Waals surface area contributed by atoms with E-state index in [1.165, 1.54) is 6.07 Å². The lowest BCUT2D eigenvalue weighted by Crippen LogP contribution is -2.54. The lowest BCUT2D eigenvalue weighted by molar-refractivity contribution is -0.192. The summed E-state index contributed by atoms with van der Waals surface area (Å²) in [5.74, 6) is -2.91. The average molecular weight is 735 g/mol. The average Bonchev–Trinajstić information content (AvgIpc) is 3.46. The number of benzene rings is 2. The van der Waals surface area contributed by atoms with Crippen molar-refractivity contribution in [3.63, 3.8) is 0 Å². The number of carboxylic acids is 1. The van der Waals surface area contributed by atoms with Crippen molar-refractivity contribution in [3.8, 4) is 11.5 Å². The van der Waals surface area contributed by atoms with Crippen LogP contribution in [-0.4, -0.2) is 99.1 Å². The molecule has 1 aliphatic carbocycles. The number of alkyl halides is 3. The van der Waals surface area contributed by atoms with Crippen LogP contribution in [0.1, 0.15) is 51.0 Å². The van der Waals surface area contributed by atoms with Gasteiger partial charge in [0.1, 0.15) is 0 Å². The highest BCUT2D eigenvalue weighted by atomic mass is 32.2. The molecule has 2 heterocycles. The van der Waals surface area contributed by atoms with Crippen LogP contribution < -0.4 is 20.1 Å². The summed E-state index contributed by atoms with van der Waals surface area (Å²) < 4.78 is 99.3. The molecule has 0 spiro atoms. The maximum atomic E-state index is 13.9. The molecule has 3 N–H and O–H groups in total. The van der Waals surface area contributed by atoms with Crippen LogP contribution in [0.15, 0.2) is 36.4 Å². The van der Waals surface area contributed by atoms with Gasteiger partial charge in [0.15, 0.2) is 23.1 Å².